The number of hydrogen-bond acceptors (Lipinski definition) is 4. The van der Waals surface area contributed by atoms with Gasteiger partial charge in [0, 0.05) is 31.2 Å². The molecule has 0 atom stereocenters. The number of nitrogens with zero attached hydrogens (tertiary/aromatic N) is 3. The van der Waals surface area contributed by atoms with Crippen LogP contribution in [0.25, 0.3) is 0 Å². The minimum absolute atomic E-state index is 0.109. The molecule has 1 aromatic heterocycles. The highest BCUT2D eigenvalue weighted by molar-refractivity contribution is 7.97. The second-order valence-corrected chi connectivity index (χ2v) is 9.10. The number of benzene rings is 1. The van der Waals surface area contributed by atoms with E-state index in [2.05, 4.69) is 21.2 Å². The molecule has 4 rings (SSSR count). The van der Waals surface area contributed by atoms with E-state index in [0.717, 1.165) is 56.2 Å². The number of amides is 2. The van der Waals surface area contributed by atoms with Gasteiger partial charge in [-0.2, -0.15) is 18.3 Å². The van der Waals surface area contributed by atoms with Crippen LogP contribution in [0.4, 0.5) is 23.7 Å². The molecule has 6 nitrogen and oxygen atoms in total. The van der Waals surface area contributed by atoms with Crippen LogP contribution in [-0.4, -0.2) is 40.5 Å². The third-order valence-electron chi connectivity index (χ3n) is 5.80. The molecule has 168 valence electrons. The number of hydrogen-bond donors (Lipinski definition) is 2. The van der Waals surface area contributed by atoms with Crippen molar-refractivity contribution in [3.05, 3.63) is 40.1 Å². The van der Waals surface area contributed by atoms with E-state index in [0.29, 0.717) is 10.7 Å². The summed E-state index contributed by atoms with van der Waals surface area (Å²) in [5, 5.41) is 7.86. The molecule has 0 spiro atoms. The summed E-state index contributed by atoms with van der Waals surface area (Å²) in [6.45, 7) is -0.884. The van der Waals surface area contributed by atoms with Crippen LogP contribution in [0.3, 0.4) is 0 Å². The molecule has 0 fully saturated rings. The number of urea groups is 1. The number of halogens is 3. The number of alkyl halides is 3. The van der Waals surface area contributed by atoms with Crippen molar-refractivity contribution in [1.29, 1.82) is 0 Å². The largest absolute Gasteiger partial charge is 0.401 e. The second kappa shape index (κ2) is 8.74. The first kappa shape index (κ1) is 22.0. The highest BCUT2D eigenvalue weighted by atomic mass is 32.2. The highest BCUT2D eigenvalue weighted by Gasteiger charge is 2.29. The quantitative estimate of drug-likeness (QED) is 0.643. The Morgan fingerprint density at radius 1 is 1.16 bits per heavy atom. The lowest BCUT2D eigenvalue weighted by Crippen LogP contribution is -2.31. The predicted octanol–water partition coefficient (Wildman–Crippen LogP) is 4.22. The second-order valence-electron chi connectivity index (χ2n) is 8.28. The summed E-state index contributed by atoms with van der Waals surface area (Å²) in [5.41, 5.74) is 6.82. The summed E-state index contributed by atoms with van der Waals surface area (Å²) in [6.07, 6.45) is 2.08. The van der Waals surface area contributed by atoms with Crippen molar-refractivity contribution < 1.29 is 18.0 Å². The molecule has 2 aliphatic rings. The molecule has 31 heavy (non-hydrogen) atoms. The lowest BCUT2D eigenvalue weighted by atomic mass is 9.99. The summed E-state index contributed by atoms with van der Waals surface area (Å²) < 4.78 is 41.9. The molecule has 0 aliphatic heterocycles. The van der Waals surface area contributed by atoms with Crippen molar-refractivity contribution in [2.75, 3.05) is 18.9 Å². The van der Waals surface area contributed by atoms with Gasteiger partial charge < -0.3 is 5.32 Å². The Kier molecular flexibility index (Phi) is 6.20. The van der Waals surface area contributed by atoms with Gasteiger partial charge in [-0.25, -0.2) is 4.79 Å². The van der Waals surface area contributed by atoms with E-state index >= 15 is 0 Å². The summed E-state index contributed by atoms with van der Waals surface area (Å²) in [7, 11) is 3.09. The van der Waals surface area contributed by atoms with Gasteiger partial charge in [-0.05, 0) is 73.9 Å². The van der Waals surface area contributed by atoms with Gasteiger partial charge in [-0.1, -0.05) is 6.07 Å². The number of anilines is 1. The van der Waals surface area contributed by atoms with E-state index in [1.165, 1.54) is 38.9 Å². The first-order valence-electron chi connectivity index (χ1n) is 10.4. The molecule has 2 amide bonds. The molecular formula is C21H26F3N5OS. The molecule has 1 aromatic carbocycles. The number of carbonyl (C=O) groups excluding carboxylic acids is 1. The Morgan fingerprint density at radius 3 is 2.42 bits per heavy atom. The van der Waals surface area contributed by atoms with Gasteiger partial charge in [-0.3, -0.25) is 14.3 Å². The van der Waals surface area contributed by atoms with Crippen LogP contribution in [-0.2, 0) is 39.3 Å². The van der Waals surface area contributed by atoms with Crippen molar-refractivity contribution in [2.24, 2.45) is 7.05 Å². The number of aromatic nitrogens is 2. The molecule has 0 unspecified atom stereocenters. The van der Waals surface area contributed by atoms with Crippen LogP contribution in [0.15, 0.2) is 17.2 Å². The predicted molar refractivity (Wildman–Crippen MR) is 114 cm³/mol. The van der Waals surface area contributed by atoms with E-state index < -0.39 is 12.7 Å². The highest BCUT2D eigenvalue weighted by Crippen LogP contribution is 2.38. The van der Waals surface area contributed by atoms with E-state index in [1.54, 1.807) is 13.1 Å². The van der Waals surface area contributed by atoms with Crippen molar-refractivity contribution in [3.8, 4) is 0 Å². The van der Waals surface area contributed by atoms with E-state index in [1.807, 2.05) is 0 Å². The molecule has 2 aromatic rings. The first-order chi connectivity index (χ1) is 14.7. The lowest BCUT2D eigenvalue weighted by molar-refractivity contribution is -0.144. The van der Waals surface area contributed by atoms with Gasteiger partial charge in [0.1, 0.15) is 5.03 Å². The van der Waals surface area contributed by atoms with Gasteiger partial charge in [-0.15, -0.1) is 0 Å². The molecule has 10 heteroatoms. The molecule has 0 radical (unpaired) electrons. The van der Waals surface area contributed by atoms with Crippen molar-refractivity contribution in [3.63, 3.8) is 0 Å². The first-order valence-corrected chi connectivity index (χ1v) is 11.2. The minimum atomic E-state index is -4.25. The van der Waals surface area contributed by atoms with E-state index in [9.17, 15) is 18.0 Å². The maximum atomic E-state index is 12.6. The van der Waals surface area contributed by atoms with Crippen molar-refractivity contribution in [1.82, 2.24) is 19.4 Å². The van der Waals surface area contributed by atoms with Crippen LogP contribution in [0.5, 0.6) is 0 Å². The zero-order valence-electron chi connectivity index (χ0n) is 17.6. The SMILES string of the molecule is CN(Cc1cc(SNC(=O)Nc2c3c(cc4c2CCC4)CCC3)nn1C)CC(F)(F)F. The minimum Gasteiger partial charge on any atom is -0.307 e. The summed E-state index contributed by atoms with van der Waals surface area (Å²) in [6, 6.07) is 3.68. The molecule has 0 saturated carbocycles. The average molecular weight is 454 g/mol. The maximum absolute atomic E-state index is 12.6. The Hall–Kier alpha value is -2.20. The van der Waals surface area contributed by atoms with Crippen LogP contribution in [0, 0.1) is 0 Å². The van der Waals surface area contributed by atoms with Gasteiger partial charge in [0.15, 0.2) is 0 Å². The van der Waals surface area contributed by atoms with Gasteiger partial charge in [0.05, 0.1) is 12.2 Å². The fourth-order valence-electron chi connectivity index (χ4n) is 4.52. The topological polar surface area (TPSA) is 62.2 Å². The molecule has 0 bridgehead atoms. The van der Waals surface area contributed by atoms with Gasteiger partial charge in [0.2, 0.25) is 0 Å². The molecule has 2 N–H and O–H groups in total. The summed E-state index contributed by atoms with van der Waals surface area (Å²) in [5.74, 6) is 0. The fourth-order valence-corrected chi connectivity index (χ4v) is 5.12. The number of carbonyl (C=O) groups is 1. The Morgan fingerprint density at radius 2 is 1.81 bits per heavy atom. The van der Waals surface area contributed by atoms with Crippen LogP contribution in [0.1, 0.15) is 40.8 Å². The fraction of sp³-hybridized carbons (Fsp3) is 0.524. The number of aryl methyl sites for hydroxylation is 3. The van der Waals surface area contributed by atoms with Gasteiger partial charge >= 0.3 is 12.2 Å². The summed E-state index contributed by atoms with van der Waals surface area (Å²) >= 11 is 1.05. The van der Waals surface area contributed by atoms with E-state index in [4.69, 9.17) is 0 Å². The zero-order chi connectivity index (χ0) is 22.2. The molecule has 0 saturated heterocycles. The normalized spacial score (nSPS) is 15.3. The van der Waals surface area contributed by atoms with Crippen LogP contribution < -0.4 is 10.0 Å². The zero-order valence-corrected chi connectivity index (χ0v) is 18.4. The smallest absolute Gasteiger partial charge is 0.307 e. The van der Waals surface area contributed by atoms with Gasteiger partial charge in [0.25, 0.3) is 0 Å². The number of nitrogens with one attached hydrogen (secondary N) is 2. The van der Waals surface area contributed by atoms with Crippen LogP contribution >= 0.6 is 11.9 Å². The third-order valence-corrected chi connectivity index (χ3v) is 6.49. The monoisotopic (exact) mass is 453 g/mol. The maximum Gasteiger partial charge on any atom is 0.401 e. The van der Waals surface area contributed by atoms with Crippen LogP contribution in [0.2, 0.25) is 0 Å². The average Bonchev–Trinajstić information content (AvgIpc) is 3.39. The Balaban J connectivity index is 1.37. The molecule has 2 aliphatic carbocycles. The Labute approximate surface area is 183 Å². The number of fused-ring (bicyclic) bond motifs is 2. The van der Waals surface area contributed by atoms with E-state index in [-0.39, 0.29) is 12.6 Å². The molecular weight excluding hydrogens is 427 g/mol. The lowest BCUT2D eigenvalue weighted by Gasteiger charge is -2.18. The standard InChI is InChI=1S/C21H26F3N5OS/c1-28(12-21(22,23)24)11-15-10-18(26-29(15)2)31-27-20(30)25-19-16-7-3-5-13(16)9-14-6-4-8-17(14)19/h9-10H,3-8,11-12H2,1-2H3,(H2,25,27,30). The van der Waals surface area contributed by atoms with Crippen molar-refractivity contribution >= 4 is 23.7 Å². The third kappa shape index (κ3) is 5.17. The number of rotatable bonds is 6. The Bertz CT molecular complexity index is 956. The molecule has 1 heterocycles. The summed E-state index contributed by atoms with van der Waals surface area (Å²) in [4.78, 5) is 13.8. The van der Waals surface area contributed by atoms with Crippen molar-refractivity contribution in [2.45, 2.75) is 56.3 Å².